The molecule has 0 saturated carbocycles. The van der Waals surface area contributed by atoms with E-state index >= 15 is 0 Å². The summed E-state index contributed by atoms with van der Waals surface area (Å²) in [4.78, 5) is 14.7. The minimum Gasteiger partial charge on any atom is -0.369 e. The highest BCUT2D eigenvalue weighted by Gasteiger charge is 2.22. The Morgan fingerprint density at radius 2 is 2.12 bits per heavy atom. The number of benzene rings is 1. The predicted octanol–water partition coefficient (Wildman–Crippen LogP) is 2.45. The third-order valence-corrected chi connectivity index (χ3v) is 4.64. The molecule has 0 radical (unpaired) electrons. The van der Waals surface area contributed by atoms with E-state index in [-0.39, 0.29) is 5.91 Å². The quantitative estimate of drug-likeness (QED) is 0.795. The molecule has 3 heterocycles. The van der Waals surface area contributed by atoms with Gasteiger partial charge in [-0.2, -0.15) is 5.10 Å². The zero-order valence-corrected chi connectivity index (χ0v) is 14.3. The minimum atomic E-state index is 0.133. The molecular weight excluding hydrogens is 314 g/mol. The van der Waals surface area contributed by atoms with Crippen molar-refractivity contribution < 1.29 is 4.79 Å². The van der Waals surface area contributed by atoms with Crippen LogP contribution in [0, 0.1) is 0 Å². The van der Waals surface area contributed by atoms with Crippen LogP contribution in [0.2, 0.25) is 0 Å². The maximum Gasteiger partial charge on any atom is 0.242 e. The van der Waals surface area contributed by atoms with Gasteiger partial charge in [0.05, 0.1) is 5.69 Å². The van der Waals surface area contributed by atoms with Crippen molar-refractivity contribution in [2.45, 2.75) is 26.4 Å². The Kier molecular flexibility index (Phi) is 4.09. The van der Waals surface area contributed by atoms with Gasteiger partial charge in [-0.25, -0.2) is 0 Å². The van der Waals surface area contributed by atoms with E-state index in [9.17, 15) is 4.79 Å². The van der Waals surface area contributed by atoms with Gasteiger partial charge in [0.2, 0.25) is 5.91 Å². The lowest BCUT2D eigenvalue weighted by Gasteiger charge is -2.28. The molecule has 0 aliphatic carbocycles. The molecule has 128 valence electrons. The summed E-state index contributed by atoms with van der Waals surface area (Å²) in [6, 6.07) is 12.2. The normalized spacial score (nSPS) is 13.7. The van der Waals surface area contributed by atoms with E-state index in [1.165, 1.54) is 0 Å². The number of carbonyl (C=O) groups excluding carboxylic acids is 1. The molecule has 0 fully saturated rings. The number of nitrogens with one attached hydrogen (secondary N) is 1. The third-order valence-electron chi connectivity index (χ3n) is 4.64. The highest BCUT2D eigenvalue weighted by atomic mass is 16.2. The first-order valence-corrected chi connectivity index (χ1v) is 8.65. The fraction of sp³-hybridized carbons (Fsp3) is 0.316. The molecule has 2 aromatic heterocycles. The fourth-order valence-electron chi connectivity index (χ4n) is 3.33. The SMILES string of the molecule is CCNc1cc2c(nn1)CCN(C(=O)Cn1ccc3ccccc31)C2. The molecule has 3 aromatic rings. The van der Waals surface area contributed by atoms with E-state index < -0.39 is 0 Å². The lowest BCUT2D eigenvalue weighted by Crippen LogP contribution is -2.38. The van der Waals surface area contributed by atoms with E-state index in [4.69, 9.17) is 0 Å². The second kappa shape index (κ2) is 6.55. The monoisotopic (exact) mass is 335 g/mol. The van der Waals surface area contributed by atoms with Crippen molar-refractivity contribution in [3.05, 3.63) is 53.9 Å². The van der Waals surface area contributed by atoms with E-state index in [1.807, 2.05) is 52.9 Å². The van der Waals surface area contributed by atoms with Gasteiger partial charge >= 0.3 is 0 Å². The second-order valence-corrected chi connectivity index (χ2v) is 6.30. The molecule has 25 heavy (non-hydrogen) atoms. The second-order valence-electron chi connectivity index (χ2n) is 6.30. The molecule has 1 amide bonds. The van der Waals surface area contributed by atoms with Gasteiger partial charge in [-0.05, 0) is 36.1 Å². The van der Waals surface area contributed by atoms with E-state index in [0.717, 1.165) is 40.9 Å². The zero-order chi connectivity index (χ0) is 17.2. The molecule has 0 bridgehead atoms. The summed E-state index contributed by atoms with van der Waals surface area (Å²) in [6.07, 6.45) is 2.74. The Morgan fingerprint density at radius 3 is 3.00 bits per heavy atom. The summed E-state index contributed by atoms with van der Waals surface area (Å²) in [6.45, 7) is 4.48. The third kappa shape index (κ3) is 3.07. The van der Waals surface area contributed by atoms with Crippen molar-refractivity contribution in [1.29, 1.82) is 0 Å². The predicted molar refractivity (Wildman–Crippen MR) is 97.3 cm³/mol. The average Bonchev–Trinajstić information content (AvgIpc) is 3.04. The first-order valence-electron chi connectivity index (χ1n) is 8.65. The van der Waals surface area contributed by atoms with Crippen molar-refractivity contribution in [2.24, 2.45) is 0 Å². The highest BCUT2D eigenvalue weighted by molar-refractivity contribution is 5.83. The Morgan fingerprint density at radius 1 is 1.24 bits per heavy atom. The van der Waals surface area contributed by atoms with Crippen LogP contribution >= 0.6 is 0 Å². The smallest absolute Gasteiger partial charge is 0.242 e. The van der Waals surface area contributed by atoms with Crippen LogP contribution in [0.3, 0.4) is 0 Å². The molecule has 0 unspecified atom stereocenters. The lowest BCUT2D eigenvalue weighted by atomic mass is 10.1. The number of anilines is 1. The Balaban J connectivity index is 1.51. The van der Waals surface area contributed by atoms with Gasteiger partial charge in [0, 0.05) is 37.8 Å². The van der Waals surface area contributed by atoms with Crippen molar-refractivity contribution >= 4 is 22.6 Å². The number of aromatic nitrogens is 3. The summed E-state index contributed by atoms with van der Waals surface area (Å²) in [5.41, 5.74) is 3.17. The van der Waals surface area contributed by atoms with Gasteiger partial charge in [-0.15, -0.1) is 5.10 Å². The number of nitrogens with zero attached hydrogens (tertiary/aromatic N) is 4. The number of fused-ring (bicyclic) bond motifs is 2. The number of carbonyl (C=O) groups is 1. The summed E-state index contributed by atoms with van der Waals surface area (Å²) in [7, 11) is 0. The van der Waals surface area contributed by atoms with Crippen LogP contribution in [0.5, 0.6) is 0 Å². The summed E-state index contributed by atoms with van der Waals surface area (Å²) in [5, 5.41) is 12.8. The average molecular weight is 335 g/mol. The van der Waals surface area contributed by atoms with Gasteiger partial charge in [-0.3, -0.25) is 4.79 Å². The van der Waals surface area contributed by atoms with Gasteiger partial charge in [0.1, 0.15) is 12.4 Å². The first-order chi connectivity index (χ1) is 12.2. The summed E-state index contributed by atoms with van der Waals surface area (Å²) >= 11 is 0. The molecule has 6 nitrogen and oxygen atoms in total. The van der Waals surface area contributed by atoms with Crippen LogP contribution in [0.15, 0.2) is 42.6 Å². The largest absolute Gasteiger partial charge is 0.369 e. The van der Waals surface area contributed by atoms with Gasteiger partial charge in [0.15, 0.2) is 0 Å². The number of hydrogen-bond acceptors (Lipinski definition) is 4. The van der Waals surface area contributed by atoms with Gasteiger partial charge < -0.3 is 14.8 Å². The summed E-state index contributed by atoms with van der Waals surface area (Å²) < 4.78 is 2.02. The standard InChI is InChI=1S/C19H21N5O/c1-2-20-18-11-15-12-24(10-8-16(15)21-22-18)19(25)13-23-9-7-14-5-3-4-6-17(14)23/h3-7,9,11H,2,8,10,12-13H2,1H3,(H,20,22). The molecule has 0 spiro atoms. The van der Waals surface area contributed by atoms with Crippen LogP contribution in [-0.4, -0.2) is 38.7 Å². The van der Waals surface area contributed by atoms with Crippen LogP contribution in [0.4, 0.5) is 5.82 Å². The zero-order valence-electron chi connectivity index (χ0n) is 14.3. The van der Waals surface area contributed by atoms with Gasteiger partial charge in [0.25, 0.3) is 0 Å². The molecular formula is C19H21N5O. The van der Waals surface area contributed by atoms with Crippen LogP contribution in [0.25, 0.3) is 10.9 Å². The molecule has 1 aliphatic heterocycles. The Labute approximate surface area is 146 Å². The highest BCUT2D eigenvalue weighted by Crippen LogP contribution is 2.20. The van der Waals surface area contributed by atoms with Crippen LogP contribution in [0.1, 0.15) is 18.2 Å². The van der Waals surface area contributed by atoms with Crippen LogP contribution < -0.4 is 5.32 Å². The number of amides is 1. The van der Waals surface area contributed by atoms with Crippen molar-refractivity contribution in [2.75, 3.05) is 18.4 Å². The van der Waals surface area contributed by atoms with E-state index in [1.54, 1.807) is 0 Å². The minimum absolute atomic E-state index is 0.133. The fourth-order valence-corrected chi connectivity index (χ4v) is 3.33. The van der Waals surface area contributed by atoms with Crippen LogP contribution in [-0.2, 0) is 24.3 Å². The van der Waals surface area contributed by atoms with E-state index in [0.29, 0.717) is 19.6 Å². The van der Waals surface area contributed by atoms with E-state index in [2.05, 4.69) is 21.6 Å². The molecule has 4 rings (SSSR count). The molecule has 1 aromatic carbocycles. The Bertz CT molecular complexity index is 917. The molecule has 0 atom stereocenters. The van der Waals surface area contributed by atoms with Crippen molar-refractivity contribution in [3.8, 4) is 0 Å². The summed E-state index contributed by atoms with van der Waals surface area (Å²) in [5.74, 6) is 0.903. The van der Waals surface area contributed by atoms with Crippen molar-refractivity contribution in [1.82, 2.24) is 19.7 Å². The van der Waals surface area contributed by atoms with Gasteiger partial charge in [-0.1, -0.05) is 18.2 Å². The maximum absolute atomic E-state index is 12.8. The molecule has 6 heteroatoms. The molecule has 1 N–H and O–H groups in total. The first kappa shape index (κ1) is 15.6. The number of rotatable bonds is 4. The topological polar surface area (TPSA) is 63.1 Å². The number of para-hydroxylation sites is 1. The molecule has 1 aliphatic rings. The number of hydrogen-bond donors (Lipinski definition) is 1. The molecule has 0 saturated heterocycles. The van der Waals surface area contributed by atoms with Crippen molar-refractivity contribution in [3.63, 3.8) is 0 Å². The lowest BCUT2D eigenvalue weighted by molar-refractivity contribution is -0.132. The Hall–Kier alpha value is -2.89. The maximum atomic E-state index is 12.8.